The Labute approximate surface area is 216 Å². The minimum Gasteiger partial charge on any atom is -0.314 e. The maximum atomic E-state index is 3.97. The molecule has 2 atom stereocenters. The molecule has 0 amide bonds. The van der Waals surface area contributed by atoms with Crippen LogP contribution in [0.25, 0.3) is 0 Å². The Balaban J connectivity index is 1.83. The van der Waals surface area contributed by atoms with E-state index in [-0.39, 0.29) is 0 Å². The predicted molar refractivity (Wildman–Crippen MR) is 155 cm³/mol. The second-order valence-corrected chi connectivity index (χ2v) is 11.6. The lowest BCUT2D eigenvalue weighted by molar-refractivity contribution is 0.302. The highest BCUT2D eigenvalue weighted by Gasteiger charge is 2.19. The summed E-state index contributed by atoms with van der Waals surface area (Å²) in [5, 5.41) is 7.68. The van der Waals surface area contributed by atoms with Gasteiger partial charge in [0.25, 0.3) is 0 Å². The van der Waals surface area contributed by atoms with Crippen molar-refractivity contribution in [3.8, 4) is 0 Å². The Morgan fingerprint density at radius 1 is 0.382 bits per heavy atom. The normalized spacial score (nSPS) is 18.5. The fourth-order valence-corrected chi connectivity index (χ4v) is 5.72. The topological polar surface area (TPSA) is 24.1 Å². The zero-order valence-electron chi connectivity index (χ0n) is 24.0. The van der Waals surface area contributed by atoms with E-state index in [0.717, 1.165) is 12.1 Å². The van der Waals surface area contributed by atoms with Crippen molar-refractivity contribution in [2.75, 3.05) is 13.1 Å². The van der Waals surface area contributed by atoms with E-state index in [9.17, 15) is 0 Å². The van der Waals surface area contributed by atoms with Crippen LogP contribution in [0, 0.1) is 0 Å². The van der Waals surface area contributed by atoms with Crippen LogP contribution in [0.2, 0.25) is 0 Å². The molecule has 0 aromatic heterocycles. The molecular formula is C32H66N2. The molecule has 34 heavy (non-hydrogen) atoms. The summed E-state index contributed by atoms with van der Waals surface area (Å²) in [5.74, 6) is 0. The van der Waals surface area contributed by atoms with Crippen LogP contribution in [-0.4, -0.2) is 25.2 Å². The zero-order valence-corrected chi connectivity index (χ0v) is 24.0. The van der Waals surface area contributed by atoms with Gasteiger partial charge in [-0.25, -0.2) is 0 Å². The first kappa shape index (κ1) is 31.9. The molecule has 0 aliphatic carbocycles. The van der Waals surface area contributed by atoms with Crippen LogP contribution in [0.1, 0.15) is 181 Å². The molecule has 2 heteroatoms. The fourth-order valence-electron chi connectivity index (χ4n) is 5.72. The summed E-state index contributed by atoms with van der Waals surface area (Å²) in [5.41, 5.74) is 0. The molecule has 204 valence electrons. The largest absolute Gasteiger partial charge is 0.314 e. The highest BCUT2D eigenvalue weighted by molar-refractivity contribution is 4.83. The summed E-state index contributed by atoms with van der Waals surface area (Å²) < 4.78 is 0. The first-order chi connectivity index (χ1) is 16.9. The lowest BCUT2D eigenvalue weighted by atomic mass is 9.99. The average Bonchev–Trinajstić information content (AvgIpc) is 2.85. The molecule has 0 radical (unpaired) electrons. The number of rotatable bonds is 26. The van der Waals surface area contributed by atoms with E-state index < -0.39 is 0 Å². The van der Waals surface area contributed by atoms with Gasteiger partial charge in [0.2, 0.25) is 0 Å². The maximum absolute atomic E-state index is 3.97. The molecule has 1 rings (SSSR count). The highest BCUT2D eigenvalue weighted by atomic mass is 15.1. The Kier molecular flexibility index (Phi) is 24.4. The van der Waals surface area contributed by atoms with Crippen LogP contribution >= 0.6 is 0 Å². The van der Waals surface area contributed by atoms with Crippen LogP contribution < -0.4 is 10.6 Å². The minimum atomic E-state index is 0.721. The molecule has 1 aliphatic heterocycles. The molecule has 0 spiro atoms. The van der Waals surface area contributed by atoms with Crippen LogP contribution in [0.15, 0.2) is 0 Å². The summed E-state index contributed by atoms with van der Waals surface area (Å²) in [6.07, 6.45) is 37.6. The van der Waals surface area contributed by atoms with Crippen LogP contribution in [0.4, 0.5) is 0 Å². The third kappa shape index (κ3) is 21.2. The van der Waals surface area contributed by atoms with E-state index >= 15 is 0 Å². The number of hydrogen-bond donors (Lipinski definition) is 2. The predicted octanol–water partition coefficient (Wildman–Crippen LogP) is 10.1. The van der Waals surface area contributed by atoms with Gasteiger partial charge < -0.3 is 10.6 Å². The monoisotopic (exact) mass is 479 g/mol. The number of nitrogens with one attached hydrogen (secondary N) is 2. The van der Waals surface area contributed by atoms with Gasteiger partial charge in [-0.1, -0.05) is 168 Å². The highest BCUT2D eigenvalue weighted by Crippen LogP contribution is 2.16. The van der Waals surface area contributed by atoms with Gasteiger partial charge in [0.15, 0.2) is 0 Å². The Morgan fingerprint density at radius 2 is 0.647 bits per heavy atom. The van der Waals surface area contributed by atoms with Crippen molar-refractivity contribution >= 4 is 0 Å². The van der Waals surface area contributed by atoms with Gasteiger partial charge in [0, 0.05) is 25.2 Å². The Hall–Kier alpha value is -0.0800. The van der Waals surface area contributed by atoms with Crippen molar-refractivity contribution in [3.63, 3.8) is 0 Å². The van der Waals surface area contributed by atoms with E-state index in [1.807, 2.05) is 0 Å². The summed E-state index contributed by atoms with van der Waals surface area (Å²) in [6.45, 7) is 6.99. The van der Waals surface area contributed by atoms with Gasteiger partial charge in [-0.3, -0.25) is 0 Å². The summed E-state index contributed by atoms with van der Waals surface area (Å²) in [4.78, 5) is 0. The quantitative estimate of drug-likeness (QED) is 0.121. The lowest BCUT2D eigenvalue weighted by Crippen LogP contribution is -2.54. The number of hydrogen-bond acceptors (Lipinski definition) is 2. The van der Waals surface area contributed by atoms with E-state index in [0.29, 0.717) is 0 Å². The molecule has 0 bridgehead atoms. The molecule has 0 saturated carbocycles. The summed E-state index contributed by atoms with van der Waals surface area (Å²) >= 11 is 0. The van der Waals surface area contributed by atoms with E-state index in [1.165, 1.54) is 180 Å². The third-order valence-electron chi connectivity index (χ3n) is 8.07. The second kappa shape index (κ2) is 26.0. The van der Waals surface area contributed by atoms with Gasteiger partial charge in [-0.15, -0.1) is 0 Å². The van der Waals surface area contributed by atoms with Crippen molar-refractivity contribution in [1.29, 1.82) is 0 Å². The zero-order chi connectivity index (χ0) is 24.4. The molecule has 1 fully saturated rings. The number of piperazine rings is 1. The van der Waals surface area contributed by atoms with Gasteiger partial charge in [-0.05, 0) is 12.8 Å². The van der Waals surface area contributed by atoms with E-state index in [1.54, 1.807) is 0 Å². The molecule has 2 unspecified atom stereocenters. The van der Waals surface area contributed by atoms with Gasteiger partial charge >= 0.3 is 0 Å². The molecule has 0 aromatic carbocycles. The molecular weight excluding hydrogens is 412 g/mol. The standard InChI is InChI=1S/C32H66N2/c1-3-5-7-9-11-13-15-17-19-21-23-25-27-31-29-33-30-32(34-31)28-26-24-22-20-18-16-14-12-10-8-6-4-2/h31-34H,3-30H2,1-2H3. The first-order valence-electron chi connectivity index (χ1n) is 16.3. The van der Waals surface area contributed by atoms with Gasteiger partial charge in [0.1, 0.15) is 0 Å². The number of unbranched alkanes of at least 4 members (excludes halogenated alkanes) is 22. The third-order valence-corrected chi connectivity index (χ3v) is 8.07. The van der Waals surface area contributed by atoms with Crippen LogP contribution in [0.3, 0.4) is 0 Å². The summed E-state index contributed by atoms with van der Waals surface area (Å²) in [7, 11) is 0. The summed E-state index contributed by atoms with van der Waals surface area (Å²) in [6, 6.07) is 1.44. The molecule has 1 saturated heterocycles. The van der Waals surface area contributed by atoms with Crippen molar-refractivity contribution in [3.05, 3.63) is 0 Å². The fraction of sp³-hybridized carbons (Fsp3) is 1.00. The van der Waals surface area contributed by atoms with Crippen LogP contribution in [-0.2, 0) is 0 Å². The van der Waals surface area contributed by atoms with Crippen molar-refractivity contribution < 1.29 is 0 Å². The molecule has 2 nitrogen and oxygen atoms in total. The smallest absolute Gasteiger partial charge is 0.0195 e. The molecule has 1 aliphatic rings. The molecule has 0 aromatic rings. The Morgan fingerprint density at radius 3 is 0.941 bits per heavy atom. The van der Waals surface area contributed by atoms with Crippen molar-refractivity contribution in [2.24, 2.45) is 0 Å². The minimum absolute atomic E-state index is 0.721. The SMILES string of the molecule is CCCCCCCCCCCCCCC1CNCC(CCCCCCCCCCCCCC)N1. The molecule has 2 N–H and O–H groups in total. The molecule has 1 heterocycles. The average molecular weight is 479 g/mol. The van der Waals surface area contributed by atoms with E-state index in [2.05, 4.69) is 24.5 Å². The van der Waals surface area contributed by atoms with Crippen molar-refractivity contribution in [1.82, 2.24) is 10.6 Å². The first-order valence-corrected chi connectivity index (χ1v) is 16.3. The van der Waals surface area contributed by atoms with E-state index in [4.69, 9.17) is 0 Å². The van der Waals surface area contributed by atoms with Gasteiger partial charge in [0.05, 0.1) is 0 Å². The maximum Gasteiger partial charge on any atom is 0.0195 e. The van der Waals surface area contributed by atoms with Gasteiger partial charge in [-0.2, -0.15) is 0 Å². The van der Waals surface area contributed by atoms with Crippen molar-refractivity contribution in [2.45, 2.75) is 193 Å². The second-order valence-electron chi connectivity index (χ2n) is 11.6. The Bertz CT molecular complexity index is 349. The van der Waals surface area contributed by atoms with Crippen LogP contribution in [0.5, 0.6) is 0 Å². The lowest BCUT2D eigenvalue weighted by Gasteiger charge is -2.32.